The second-order valence-corrected chi connectivity index (χ2v) is 5.39. The van der Waals surface area contributed by atoms with Crippen LogP contribution in [0.5, 0.6) is 5.75 Å². The Morgan fingerprint density at radius 2 is 2.26 bits per heavy atom. The maximum absolute atomic E-state index is 12.2. The number of H-pyrrole nitrogens is 1. The summed E-state index contributed by atoms with van der Waals surface area (Å²) in [5.74, 6) is 0.202. The zero-order chi connectivity index (χ0) is 13.9. The van der Waals surface area contributed by atoms with Gasteiger partial charge in [0.15, 0.2) is 0 Å². The van der Waals surface area contributed by atoms with Crippen LogP contribution in [0.4, 0.5) is 5.69 Å². The summed E-state index contributed by atoms with van der Waals surface area (Å²) in [6, 6.07) is 4.45. The second kappa shape index (κ2) is 5.29. The van der Waals surface area contributed by atoms with Crippen LogP contribution >= 0.6 is 0 Å². The summed E-state index contributed by atoms with van der Waals surface area (Å²) in [5, 5.41) is 15.2. The average Bonchev–Trinajstić information content (AvgIpc) is 2.90. The number of nitrogens with zero attached hydrogens (tertiary/aromatic N) is 1. The van der Waals surface area contributed by atoms with Gasteiger partial charge in [-0.15, -0.1) is 0 Å². The number of hydrogen-bond acceptors (Lipinski definition) is 5. The molecule has 0 radical (unpaired) electrons. The van der Waals surface area contributed by atoms with Gasteiger partial charge in [-0.3, -0.25) is 9.82 Å². The van der Waals surface area contributed by atoms with Crippen LogP contribution in [0, 0.1) is 0 Å². The minimum atomic E-state index is -3.80. The van der Waals surface area contributed by atoms with E-state index in [-0.39, 0.29) is 17.3 Å². The lowest BCUT2D eigenvalue weighted by atomic mass is 10.2. The molecule has 0 aliphatic carbocycles. The van der Waals surface area contributed by atoms with Crippen LogP contribution in [0.2, 0.25) is 0 Å². The molecule has 0 amide bonds. The van der Waals surface area contributed by atoms with Crippen molar-refractivity contribution in [2.24, 2.45) is 0 Å². The number of methoxy groups -OCH3 is 1. The Labute approximate surface area is 110 Å². The molecule has 7 nitrogen and oxygen atoms in total. The monoisotopic (exact) mass is 283 g/mol. The SMILES string of the molecule is COc1ccc(CO)cc1S(=O)(=O)Nc1cn[nH]c1. The quantitative estimate of drug-likeness (QED) is 0.749. The molecule has 1 heterocycles. The van der Waals surface area contributed by atoms with E-state index < -0.39 is 10.0 Å². The van der Waals surface area contributed by atoms with Crippen molar-refractivity contribution in [1.29, 1.82) is 0 Å². The second-order valence-electron chi connectivity index (χ2n) is 3.74. The van der Waals surface area contributed by atoms with E-state index in [0.29, 0.717) is 11.3 Å². The molecular weight excluding hydrogens is 270 g/mol. The van der Waals surface area contributed by atoms with Gasteiger partial charge in [0, 0.05) is 6.20 Å². The number of aliphatic hydroxyl groups excluding tert-OH is 1. The van der Waals surface area contributed by atoms with Crippen LogP contribution in [0.3, 0.4) is 0 Å². The summed E-state index contributed by atoms with van der Waals surface area (Å²) in [4.78, 5) is -0.0391. The number of aliphatic hydroxyl groups is 1. The first-order chi connectivity index (χ1) is 9.06. The maximum atomic E-state index is 12.2. The first kappa shape index (κ1) is 13.4. The molecule has 0 bridgehead atoms. The van der Waals surface area contributed by atoms with Crippen LogP contribution < -0.4 is 9.46 Å². The Bertz CT molecular complexity index is 653. The van der Waals surface area contributed by atoms with Gasteiger partial charge < -0.3 is 9.84 Å². The number of aromatic nitrogens is 2. The van der Waals surface area contributed by atoms with E-state index in [1.165, 1.54) is 31.6 Å². The molecule has 102 valence electrons. The summed E-state index contributed by atoms with van der Waals surface area (Å²) in [6.45, 7) is -0.252. The molecule has 0 unspecified atom stereocenters. The number of sulfonamides is 1. The molecular formula is C11H13N3O4S. The van der Waals surface area contributed by atoms with E-state index in [1.54, 1.807) is 6.07 Å². The highest BCUT2D eigenvalue weighted by Crippen LogP contribution is 2.26. The van der Waals surface area contributed by atoms with Crippen molar-refractivity contribution in [3.8, 4) is 5.75 Å². The Hall–Kier alpha value is -2.06. The van der Waals surface area contributed by atoms with Gasteiger partial charge in [-0.2, -0.15) is 5.10 Å². The molecule has 0 fully saturated rings. The molecule has 0 spiro atoms. The summed E-state index contributed by atoms with van der Waals surface area (Å²) in [7, 11) is -2.42. The lowest BCUT2D eigenvalue weighted by molar-refractivity contribution is 0.281. The predicted octanol–water partition coefficient (Wildman–Crippen LogP) is 0.711. The summed E-state index contributed by atoms with van der Waals surface area (Å²) in [6.07, 6.45) is 2.76. The molecule has 0 aliphatic rings. The Balaban J connectivity index is 2.43. The largest absolute Gasteiger partial charge is 0.495 e. The Kier molecular flexibility index (Phi) is 3.72. The Morgan fingerprint density at radius 3 is 2.84 bits per heavy atom. The highest BCUT2D eigenvalue weighted by atomic mass is 32.2. The van der Waals surface area contributed by atoms with Gasteiger partial charge in [0.25, 0.3) is 10.0 Å². The van der Waals surface area contributed by atoms with Gasteiger partial charge in [-0.25, -0.2) is 8.42 Å². The summed E-state index contributed by atoms with van der Waals surface area (Å²) >= 11 is 0. The van der Waals surface area contributed by atoms with Gasteiger partial charge in [-0.05, 0) is 17.7 Å². The van der Waals surface area contributed by atoms with Crippen LogP contribution in [-0.4, -0.2) is 30.8 Å². The molecule has 1 aromatic heterocycles. The van der Waals surface area contributed by atoms with Crippen LogP contribution in [0.1, 0.15) is 5.56 Å². The van der Waals surface area contributed by atoms with Crippen LogP contribution in [-0.2, 0) is 16.6 Å². The minimum absolute atomic E-state index is 0.0391. The van der Waals surface area contributed by atoms with Crippen molar-refractivity contribution in [3.63, 3.8) is 0 Å². The van der Waals surface area contributed by atoms with Crippen molar-refractivity contribution in [3.05, 3.63) is 36.2 Å². The third-order valence-electron chi connectivity index (χ3n) is 2.45. The van der Waals surface area contributed by atoms with Gasteiger partial charge in [0.05, 0.1) is 25.6 Å². The number of ether oxygens (including phenoxy) is 1. The zero-order valence-corrected chi connectivity index (χ0v) is 10.9. The van der Waals surface area contributed by atoms with Crippen molar-refractivity contribution in [2.45, 2.75) is 11.5 Å². The topological polar surface area (TPSA) is 104 Å². The molecule has 0 saturated carbocycles. The fourth-order valence-corrected chi connectivity index (χ4v) is 2.80. The lowest BCUT2D eigenvalue weighted by Gasteiger charge is -2.11. The molecule has 0 saturated heterocycles. The van der Waals surface area contributed by atoms with Crippen molar-refractivity contribution in [2.75, 3.05) is 11.8 Å². The molecule has 2 rings (SSSR count). The molecule has 2 aromatic rings. The predicted molar refractivity (Wildman–Crippen MR) is 68.3 cm³/mol. The van der Waals surface area contributed by atoms with Gasteiger partial charge in [-0.1, -0.05) is 6.07 Å². The number of benzene rings is 1. The van der Waals surface area contributed by atoms with Crippen molar-refractivity contribution < 1.29 is 18.3 Å². The molecule has 19 heavy (non-hydrogen) atoms. The fraction of sp³-hybridized carbons (Fsp3) is 0.182. The van der Waals surface area contributed by atoms with Crippen LogP contribution in [0.15, 0.2) is 35.5 Å². The number of nitrogens with one attached hydrogen (secondary N) is 2. The fourth-order valence-electron chi connectivity index (χ4n) is 1.55. The molecule has 3 N–H and O–H groups in total. The normalized spacial score (nSPS) is 11.3. The van der Waals surface area contributed by atoms with Gasteiger partial charge >= 0.3 is 0 Å². The number of aromatic amines is 1. The van der Waals surface area contributed by atoms with Crippen molar-refractivity contribution >= 4 is 15.7 Å². The van der Waals surface area contributed by atoms with Crippen molar-refractivity contribution in [1.82, 2.24) is 10.2 Å². The minimum Gasteiger partial charge on any atom is -0.495 e. The van der Waals surface area contributed by atoms with Gasteiger partial charge in [0.1, 0.15) is 10.6 Å². The number of hydrogen-bond donors (Lipinski definition) is 3. The van der Waals surface area contributed by atoms with E-state index in [1.807, 2.05) is 0 Å². The first-order valence-corrected chi connectivity index (χ1v) is 6.84. The Morgan fingerprint density at radius 1 is 1.47 bits per heavy atom. The summed E-state index contributed by atoms with van der Waals surface area (Å²) in [5.41, 5.74) is 0.796. The highest BCUT2D eigenvalue weighted by Gasteiger charge is 2.20. The lowest BCUT2D eigenvalue weighted by Crippen LogP contribution is -2.14. The van der Waals surface area contributed by atoms with Gasteiger partial charge in [0.2, 0.25) is 0 Å². The standard InChI is InChI=1S/C11H13N3O4S/c1-18-10-3-2-8(7-15)4-11(10)19(16,17)14-9-5-12-13-6-9/h2-6,14-15H,7H2,1H3,(H,12,13). The van der Waals surface area contributed by atoms with E-state index in [9.17, 15) is 8.42 Å². The average molecular weight is 283 g/mol. The third-order valence-corrected chi connectivity index (χ3v) is 3.85. The smallest absolute Gasteiger partial charge is 0.265 e. The third kappa shape index (κ3) is 2.85. The first-order valence-electron chi connectivity index (χ1n) is 5.36. The summed E-state index contributed by atoms with van der Waals surface area (Å²) < 4.78 is 31.8. The number of anilines is 1. The maximum Gasteiger partial charge on any atom is 0.265 e. The molecule has 8 heteroatoms. The van der Waals surface area contributed by atoms with E-state index in [4.69, 9.17) is 9.84 Å². The van der Waals surface area contributed by atoms with E-state index in [0.717, 1.165) is 0 Å². The van der Waals surface area contributed by atoms with E-state index >= 15 is 0 Å². The van der Waals surface area contributed by atoms with Crippen LogP contribution in [0.25, 0.3) is 0 Å². The number of rotatable bonds is 5. The van der Waals surface area contributed by atoms with E-state index in [2.05, 4.69) is 14.9 Å². The highest BCUT2D eigenvalue weighted by molar-refractivity contribution is 7.92. The zero-order valence-electron chi connectivity index (χ0n) is 10.1. The molecule has 0 aliphatic heterocycles. The molecule has 0 atom stereocenters. The molecule has 1 aromatic carbocycles.